The highest BCUT2D eigenvalue weighted by Crippen LogP contribution is 2.21. The van der Waals surface area contributed by atoms with Gasteiger partial charge in [-0.15, -0.1) is 0 Å². The maximum absolute atomic E-state index is 8.62. The first kappa shape index (κ1) is 9.85. The number of nitriles is 1. The van der Waals surface area contributed by atoms with Crippen molar-refractivity contribution in [3.63, 3.8) is 0 Å². The zero-order valence-electron chi connectivity index (χ0n) is 7.25. The van der Waals surface area contributed by atoms with Gasteiger partial charge in [0, 0.05) is 0 Å². The Balaban J connectivity index is 2.05. The Bertz CT molecular complexity index is 184. The minimum absolute atomic E-state index is 0.638. The third-order valence-corrected chi connectivity index (χ3v) is 3.02. The fourth-order valence-corrected chi connectivity index (χ4v) is 2.06. The van der Waals surface area contributed by atoms with Crippen LogP contribution >= 0.6 is 11.8 Å². The fraction of sp³-hybridized carbons (Fsp3) is 0.875. The molecule has 0 saturated carbocycles. The normalized spacial score (nSPS) is 22.4. The summed E-state index contributed by atoms with van der Waals surface area (Å²) >= 11 is 1.85. The second-order valence-electron chi connectivity index (χ2n) is 3.31. The van der Waals surface area contributed by atoms with Gasteiger partial charge < -0.3 is 10.5 Å². The first-order valence-corrected chi connectivity index (χ1v) is 5.08. The number of nitrogens with zero attached hydrogens (tertiary/aromatic N) is 1. The Hall–Kier alpha value is -0.240. The number of ether oxygens (including phenoxy) is 1. The summed E-state index contributed by atoms with van der Waals surface area (Å²) in [5, 5.41) is 9.26. The molecule has 0 amide bonds. The van der Waals surface area contributed by atoms with Crippen molar-refractivity contribution < 1.29 is 4.74 Å². The van der Waals surface area contributed by atoms with E-state index in [-0.39, 0.29) is 0 Å². The van der Waals surface area contributed by atoms with Gasteiger partial charge in [0.15, 0.2) is 0 Å². The molecule has 1 aliphatic rings. The quantitative estimate of drug-likeness (QED) is 0.704. The second kappa shape index (κ2) is 4.13. The van der Waals surface area contributed by atoms with Gasteiger partial charge in [-0.25, -0.2) is 0 Å². The molecule has 1 rings (SSSR count). The summed E-state index contributed by atoms with van der Waals surface area (Å²) in [7, 11) is 0. The van der Waals surface area contributed by atoms with Gasteiger partial charge in [0.05, 0.1) is 24.5 Å². The molecule has 0 aromatic heterocycles. The molecule has 1 atom stereocenters. The molecule has 0 aromatic rings. The molecule has 1 heterocycles. The van der Waals surface area contributed by atoms with Gasteiger partial charge in [0.1, 0.15) is 5.54 Å². The minimum Gasteiger partial charge on any atom is -0.379 e. The summed E-state index contributed by atoms with van der Waals surface area (Å²) in [4.78, 5) is 0. The van der Waals surface area contributed by atoms with Crippen LogP contribution in [0.1, 0.15) is 13.3 Å². The fourth-order valence-electron chi connectivity index (χ4n) is 0.804. The summed E-state index contributed by atoms with van der Waals surface area (Å²) < 4.78 is 5.03. The highest BCUT2D eigenvalue weighted by Gasteiger charge is 2.21. The van der Waals surface area contributed by atoms with Gasteiger partial charge in [-0.2, -0.15) is 17.0 Å². The lowest BCUT2D eigenvalue weighted by atomic mass is 10.0. The number of thioether (sulfide) groups is 1. The van der Waals surface area contributed by atoms with Gasteiger partial charge in [-0.05, 0) is 19.1 Å². The predicted molar refractivity (Wildman–Crippen MR) is 49.9 cm³/mol. The topological polar surface area (TPSA) is 59.0 Å². The van der Waals surface area contributed by atoms with Crippen molar-refractivity contribution in [2.45, 2.75) is 24.1 Å². The van der Waals surface area contributed by atoms with E-state index in [1.54, 1.807) is 6.92 Å². The van der Waals surface area contributed by atoms with Crippen molar-refractivity contribution in [1.29, 1.82) is 5.26 Å². The number of hydrogen-bond donors (Lipinski definition) is 1. The average molecular weight is 186 g/mol. The second-order valence-corrected chi connectivity index (χ2v) is 4.72. The van der Waals surface area contributed by atoms with Crippen LogP contribution in [0.3, 0.4) is 0 Å². The number of nitrogens with two attached hydrogens (primary N) is 1. The third kappa shape index (κ3) is 3.02. The van der Waals surface area contributed by atoms with Crippen LogP contribution in [0, 0.1) is 11.3 Å². The number of hydrogen-bond acceptors (Lipinski definition) is 4. The molecule has 0 spiro atoms. The van der Waals surface area contributed by atoms with Crippen molar-refractivity contribution in [3.8, 4) is 6.07 Å². The highest BCUT2D eigenvalue weighted by atomic mass is 32.2. The molecule has 68 valence electrons. The summed E-state index contributed by atoms with van der Waals surface area (Å²) in [6.07, 6.45) is 0.755. The molecule has 1 unspecified atom stereocenters. The molecular formula is C8H14N2OS. The highest BCUT2D eigenvalue weighted by molar-refractivity contribution is 8.00. The van der Waals surface area contributed by atoms with Crippen LogP contribution < -0.4 is 5.73 Å². The standard InChI is InChI=1S/C8H14N2OS/c1-8(10,6-9)2-3-12-7-4-11-5-7/h7H,2-5,10H2,1H3. The van der Waals surface area contributed by atoms with Crippen LogP contribution in [0.15, 0.2) is 0 Å². The van der Waals surface area contributed by atoms with Crippen LogP contribution in [-0.4, -0.2) is 29.8 Å². The van der Waals surface area contributed by atoms with Gasteiger partial charge in [0.2, 0.25) is 0 Å². The lowest BCUT2D eigenvalue weighted by Gasteiger charge is -2.26. The summed E-state index contributed by atoms with van der Waals surface area (Å²) in [6, 6.07) is 2.08. The lowest BCUT2D eigenvalue weighted by molar-refractivity contribution is 0.0455. The molecular weight excluding hydrogens is 172 g/mol. The molecule has 3 nitrogen and oxygen atoms in total. The first-order valence-electron chi connectivity index (χ1n) is 4.03. The summed E-state index contributed by atoms with van der Waals surface area (Å²) in [6.45, 7) is 3.49. The van der Waals surface area contributed by atoms with Gasteiger partial charge in [-0.3, -0.25) is 0 Å². The first-order chi connectivity index (χ1) is 5.64. The monoisotopic (exact) mass is 186 g/mol. The van der Waals surface area contributed by atoms with Crippen molar-refractivity contribution in [3.05, 3.63) is 0 Å². The molecule has 1 saturated heterocycles. The van der Waals surface area contributed by atoms with E-state index in [4.69, 9.17) is 15.7 Å². The molecule has 0 aliphatic carbocycles. The van der Waals surface area contributed by atoms with Gasteiger partial charge in [-0.1, -0.05) is 0 Å². The minimum atomic E-state index is -0.655. The molecule has 1 fully saturated rings. The molecule has 4 heteroatoms. The van der Waals surface area contributed by atoms with Crippen LogP contribution in [0.2, 0.25) is 0 Å². The SMILES string of the molecule is CC(N)(C#N)CCSC1COC1. The van der Waals surface area contributed by atoms with Crippen molar-refractivity contribution in [1.82, 2.24) is 0 Å². The molecule has 2 N–H and O–H groups in total. The van der Waals surface area contributed by atoms with Crippen LogP contribution in [0.4, 0.5) is 0 Å². The smallest absolute Gasteiger partial charge is 0.102 e. The van der Waals surface area contributed by atoms with E-state index >= 15 is 0 Å². The largest absolute Gasteiger partial charge is 0.379 e. The summed E-state index contributed by atoms with van der Waals surface area (Å²) in [5.74, 6) is 0.953. The molecule has 12 heavy (non-hydrogen) atoms. The van der Waals surface area contributed by atoms with Crippen molar-refractivity contribution >= 4 is 11.8 Å². The van der Waals surface area contributed by atoms with Gasteiger partial charge in [0.25, 0.3) is 0 Å². The van der Waals surface area contributed by atoms with Crippen LogP contribution in [0.5, 0.6) is 0 Å². The van der Waals surface area contributed by atoms with Gasteiger partial charge >= 0.3 is 0 Å². The maximum Gasteiger partial charge on any atom is 0.102 e. The zero-order valence-corrected chi connectivity index (χ0v) is 8.06. The third-order valence-electron chi connectivity index (χ3n) is 1.84. The Morgan fingerprint density at radius 3 is 2.83 bits per heavy atom. The Morgan fingerprint density at radius 1 is 1.75 bits per heavy atom. The average Bonchev–Trinajstić information content (AvgIpc) is 1.95. The van der Waals surface area contributed by atoms with Crippen LogP contribution in [0.25, 0.3) is 0 Å². The Morgan fingerprint density at radius 2 is 2.42 bits per heavy atom. The maximum atomic E-state index is 8.62. The summed E-state index contributed by atoms with van der Waals surface area (Å²) in [5.41, 5.74) is 5.00. The van der Waals surface area contributed by atoms with Crippen LogP contribution in [-0.2, 0) is 4.74 Å². The zero-order chi connectivity index (χ0) is 9.03. The molecule has 1 aliphatic heterocycles. The Kier molecular flexibility index (Phi) is 3.39. The number of rotatable bonds is 4. The Labute approximate surface area is 77.3 Å². The molecule has 0 aromatic carbocycles. The van der Waals surface area contributed by atoms with E-state index in [2.05, 4.69) is 6.07 Å². The van der Waals surface area contributed by atoms with Crippen molar-refractivity contribution in [2.75, 3.05) is 19.0 Å². The van der Waals surface area contributed by atoms with Crippen molar-refractivity contribution in [2.24, 2.45) is 5.73 Å². The lowest BCUT2D eigenvalue weighted by Crippen LogP contribution is -2.36. The van der Waals surface area contributed by atoms with E-state index in [0.717, 1.165) is 25.4 Å². The molecule has 0 bridgehead atoms. The van der Waals surface area contributed by atoms with E-state index in [1.165, 1.54) is 0 Å². The van der Waals surface area contributed by atoms with E-state index in [9.17, 15) is 0 Å². The predicted octanol–water partition coefficient (Wildman–Crippen LogP) is 0.749. The van der Waals surface area contributed by atoms with E-state index < -0.39 is 5.54 Å². The van der Waals surface area contributed by atoms with E-state index in [1.807, 2.05) is 11.8 Å². The molecule has 0 radical (unpaired) electrons. The van der Waals surface area contributed by atoms with E-state index in [0.29, 0.717) is 5.25 Å².